The standard InChI is InChI=1S/C13H25N3/c1-6-12(11-9-14-16(5)10-11)15-13(4,7-2)8-3/h9-10,12,15H,6-8H2,1-5H3. The van der Waals surface area contributed by atoms with Crippen molar-refractivity contribution in [2.45, 2.75) is 58.5 Å². The number of aryl methyl sites for hydroxylation is 1. The molecule has 1 heterocycles. The molecular formula is C13H25N3. The van der Waals surface area contributed by atoms with E-state index >= 15 is 0 Å². The predicted molar refractivity (Wildman–Crippen MR) is 68.4 cm³/mol. The normalized spacial score (nSPS) is 14.1. The minimum absolute atomic E-state index is 0.233. The molecule has 0 aliphatic rings. The average molecular weight is 223 g/mol. The van der Waals surface area contributed by atoms with E-state index in [1.807, 2.05) is 17.9 Å². The van der Waals surface area contributed by atoms with Crippen molar-refractivity contribution in [3.63, 3.8) is 0 Å². The molecule has 0 aromatic carbocycles. The Morgan fingerprint density at radius 3 is 2.38 bits per heavy atom. The van der Waals surface area contributed by atoms with Gasteiger partial charge in [-0.25, -0.2) is 0 Å². The van der Waals surface area contributed by atoms with Crippen molar-refractivity contribution in [1.82, 2.24) is 15.1 Å². The topological polar surface area (TPSA) is 29.9 Å². The number of hydrogen-bond donors (Lipinski definition) is 1. The summed E-state index contributed by atoms with van der Waals surface area (Å²) in [5.41, 5.74) is 1.52. The van der Waals surface area contributed by atoms with E-state index in [1.165, 1.54) is 5.56 Å². The first-order chi connectivity index (χ1) is 7.54. The Labute approximate surface area is 99.2 Å². The van der Waals surface area contributed by atoms with Crippen molar-refractivity contribution < 1.29 is 0 Å². The Kier molecular flexibility index (Phi) is 4.54. The van der Waals surface area contributed by atoms with Crippen molar-refractivity contribution in [3.8, 4) is 0 Å². The molecule has 1 aromatic heterocycles. The third kappa shape index (κ3) is 3.08. The molecule has 1 aromatic rings. The molecule has 3 nitrogen and oxygen atoms in total. The van der Waals surface area contributed by atoms with E-state index in [1.54, 1.807) is 0 Å². The molecule has 0 aliphatic heterocycles. The molecular weight excluding hydrogens is 198 g/mol. The van der Waals surface area contributed by atoms with Gasteiger partial charge in [-0.15, -0.1) is 0 Å². The van der Waals surface area contributed by atoms with Crippen LogP contribution in [0, 0.1) is 0 Å². The van der Waals surface area contributed by atoms with Crippen molar-refractivity contribution >= 4 is 0 Å². The van der Waals surface area contributed by atoms with Crippen LogP contribution in [0.25, 0.3) is 0 Å². The maximum absolute atomic E-state index is 4.24. The maximum atomic E-state index is 4.24. The van der Waals surface area contributed by atoms with Crippen molar-refractivity contribution in [1.29, 1.82) is 0 Å². The van der Waals surface area contributed by atoms with Gasteiger partial charge < -0.3 is 5.32 Å². The third-order valence-corrected chi connectivity index (χ3v) is 3.62. The number of nitrogens with one attached hydrogen (secondary N) is 1. The van der Waals surface area contributed by atoms with E-state index in [2.05, 4.69) is 44.3 Å². The number of hydrogen-bond acceptors (Lipinski definition) is 2. The summed E-state index contributed by atoms with van der Waals surface area (Å²) in [6.45, 7) is 9.00. The van der Waals surface area contributed by atoms with Crippen LogP contribution in [0.1, 0.15) is 58.6 Å². The summed E-state index contributed by atoms with van der Waals surface area (Å²) in [6.07, 6.45) is 7.47. The molecule has 92 valence electrons. The SMILES string of the molecule is CCC(NC(C)(CC)CC)c1cnn(C)c1. The maximum Gasteiger partial charge on any atom is 0.0537 e. The lowest BCUT2D eigenvalue weighted by Crippen LogP contribution is -2.43. The fourth-order valence-corrected chi connectivity index (χ4v) is 1.92. The van der Waals surface area contributed by atoms with Crippen LogP contribution in [0.5, 0.6) is 0 Å². The van der Waals surface area contributed by atoms with Crippen molar-refractivity contribution in [2.24, 2.45) is 7.05 Å². The zero-order chi connectivity index (χ0) is 12.2. The first-order valence-electron chi connectivity index (χ1n) is 6.30. The summed E-state index contributed by atoms with van der Waals surface area (Å²) in [5, 5.41) is 8.00. The van der Waals surface area contributed by atoms with Gasteiger partial charge in [0.25, 0.3) is 0 Å². The van der Waals surface area contributed by atoms with E-state index in [4.69, 9.17) is 0 Å². The molecule has 0 spiro atoms. The molecule has 1 atom stereocenters. The van der Waals surface area contributed by atoms with Crippen molar-refractivity contribution in [3.05, 3.63) is 18.0 Å². The van der Waals surface area contributed by atoms with Crippen molar-refractivity contribution in [2.75, 3.05) is 0 Å². The Hall–Kier alpha value is -0.830. The van der Waals surface area contributed by atoms with Crippen LogP contribution in [0.4, 0.5) is 0 Å². The molecule has 1 rings (SSSR count). The second kappa shape index (κ2) is 5.48. The Morgan fingerprint density at radius 1 is 1.38 bits per heavy atom. The molecule has 1 unspecified atom stereocenters. The number of aromatic nitrogens is 2. The highest BCUT2D eigenvalue weighted by molar-refractivity contribution is 5.11. The average Bonchev–Trinajstić information content (AvgIpc) is 2.72. The van der Waals surface area contributed by atoms with Crippen LogP contribution >= 0.6 is 0 Å². The minimum Gasteiger partial charge on any atom is -0.305 e. The van der Waals surface area contributed by atoms with Crippen LogP contribution < -0.4 is 5.32 Å². The smallest absolute Gasteiger partial charge is 0.0537 e. The summed E-state index contributed by atoms with van der Waals surface area (Å²) < 4.78 is 1.87. The van der Waals surface area contributed by atoms with Gasteiger partial charge in [0.15, 0.2) is 0 Å². The number of rotatable bonds is 6. The molecule has 0 saturated carbocycles. The van der Waals surface area contributed by atoms with Crippen LogP contribution in [0.2, 0.25) is 0 Å². The van der Waals surface area contributed by atoms with Gasteiger partial charge in [-0.1, -0.05) is 20.8 Å². The van der Waals surface area contributed by atoms with Gasteiger partial charge in [0.2, 0.25) is 0 Å². The number of nitrogens with zero attached hydrogens (tertiary/aromatic N) is 2. The lowest BCUT2D eigenvalue weighted by molar-refractivity contribution is 0.286. The van der Waals surface area contributed by atoms with E-state index in [9.17, 15) is 0 Å². The summed E-state index contributed by atoms with van der Waals surface area (Å²) >= 11 is 0. The van der Waals surface area contributed by atoms with Gasteiger partial charge in [-0.05, 0) is 26.2 Å². The fraction of sp³-hybridized carbons (Fsp3) is 0.769. The van der Waals surface area contributed by atoms with Gasteiger partial charge >= 0.3 is 0 Å². The second-order valence-corrected chi connectivity index (χ2v) is 4.82. The molecule has 3 heteroatoms. The van der Waals surface area contributed by atoms with Gasteiger partial charge in [-0.2, -0.15) is 5.10 Å². The predicted octanol–water partition coefficient (Wildman–Crippen LogP) is 3.04. The van der Waals surface area contributed by atoms with E-state index < -0.39 is 0 Å². The van der Waals surface area contributed by atoms with Gasteiger partial charge in [0.05, 0.1) is 6.20 Å². The van der Waals surface area contributed by atoms with Crippen LogP contribution in [-0.2, 0) is 7.05 Å². The first kappa shape index (κ1) is 13.2. The Morgan fingerprint density at radius 2 is 2.00 bits per heavy atom. The molecule has 0 amide bonds. The lowest BCUT2D eigenvalue weighted by Gasteiger charge is -2.33. The summed E-state index contributed by atoms with van der Waals surface area (Å²) in [4.78, 5) is 0. The highest BCUT2D eigenvalue weighted by Gasteiger charge is 2.23. The van der Waals surface area contributed by atoms with E-state index in [0.29, 0.717) is 6.04 Å². The zero-order valence-electron chi connectivity index (χ0n) is 11.2. The first-order valence-corrected chi connectivity index (χ1v) is 6.30. The quantitative estimate of drug-likeness (QED) is 0.803. The van der Waals surface area contributed by atoms with Crippen LogP contribution in [0.3, 0.4) is 0 Å². The second-order valence-electron chi connectivity index (χ2n) is 4.82. The monoisotopic (exact) mass is 223 g/mol. The Bertz CT molecular complexity index is 313. The Balaban J connectivity index is 2.76. The molecule has 0 aliphatic carbocycles. The van der Waals surface area contributed by atoms with E-state index in [0.717, 1.165) is 19.3 Å². The molecule has 1 N–H and O–H groups in total. The molecule has 0 radical (unpaired) electrons. The zero-order valence-corrected chi connectivity index (χ0v) is 11.2. The van der Waals surface area contributed by atoms with Gasteiger partial charge in [0, 0.05) is 30.4 Å². The largest absolute Gasteiger partial charge is 0.305 e. The summed E-state index contributed by atoms with van der Waals surface area (Å²) in [6, 6.07) is 0.415. The van der Waals surface area contributed by atoms with Crippen LogP contribution in [-0.4, -0.2) is 15.3 Å². The highest BCUT2D eigenvalue weighted by atomic mass is 15.2. The minimum atomic E-state index is 0.233. The highest BCUT2D eigenvalue weighted by Crippen LogP contribution is 2.23. The van der Waals surface area contributed by atoms with Gasteiger partial charge in [-0.3, -0.25) is 4.68 Å². The van der Waals surface area contributed by atoms with Gasteiger partial charge in [0.1, 0.15) is 0 Å². The van der Waals surface area contributed by atoms with Crippen LogP contribution in [0.15, 0.2) is 12.4 Å². The van der Waals surface area contributed by atoms with E-state index in [-0.39, 0.29) is 5.54 Å². The molecule has 0 saturated heterocycles. The molecule has 0 fully saturated rings. The third-order valence-electron chi connectivity index (χ3n) is 3.62. The molecule has 0 bridgehead atoms. The lowest BCUT2D eigenvalue weighted by atomic mass is 9.93. The fourth-order valence-electron chi connectivity index (χ4n) is 1.92. The summed E-state index contributed by atoms with van der Waals surface area (Å²) in [5.74, 6) is 0. The summed E-state index contributed by atoms with van der Waals surface area (Å²) in [7, 11) is 1.97. The molecule has 16 heavy (non-hydrogen) atoms.